The second-order valence-electron chi connectivity index (χ2n) is 6.95. The van der Waals surface area contributed by atoms with E-state index < -0.39 is 23.5 Å². The largest absolute Gasteiger partial charge is 0.473 e. The van der Waals surface area contributed by atoms with Crippen molar-refractivity contribution >= 4 is 6.03 Å². The smallest absolute Gasteiger partial charge is 0.317 e. The first-order valence-electron chi connectivity index (χ1n) is 9.17. The molecule has 2 amide bonds. The summed E-state index contributed by atoms with van der Waals surface area (Å²) in [6.07, 6.45) is 6.62. The van der Waals surface area contributed by atoms with Crippen molar-refractivity contribution in [1.82, 2.24) is 20.2 Å². The Morgan fingerprint density at radius 2 is 1.93 bits per heavy atom. The maximum absolute atomic E-state index is 14.2. The van der Waals surface area contributed by atoms with Gasteiger partial charge < -0.3 is 15.0 Å². The Morgan fingerprint density at radius 1 is 1.14 bits per heavy atom. The van der Waals surface area contributed by atoms with Crippen LogP contribution in [0.15, 0.2) is 24.7 Å². The SMILES string of the molecule is O=C(NC1CCc2cc(F)c(F)c(F)c21)N1CCC(Oc2cnccn2)CC1. The number of carbonyl (C=O) groups excluding carboxylic acids is 1. The molecule has 0 saturated carbocycles. The number of ether oxygens (including phenoxy) is 1. The standard InChI is InChI=1S/C19H19F3N4O2/c20-13-9-11-1-2-14(16(11)18(22)17(13)21)25-19(27)26-7-3-12(4-8-26)28-15-10-23-5-6-24-15/h5-6,9-10,12,14H,1-4,7-8H2,(H,25,27). The monoisotopic (exact) mass is 392 g/mol. The molecule has 2 aliphatic rings. The number of fused-ring (bicyclic) bond motifs is 1. The van der Waals surface area contributed by atoms with Crippen LogP contribution in [0.25, 0.3) is 0 Å². The number of nitrogens with zero attached hydrogens (tertiary/aromatic N) is 3. The summed E-state index contributed by atoms with van der Waals surface area (Å²) in [6, 6.07) is 0.000896. The molecule has 9 heteroatoms. The van der Waals surface area contributed by atoms with E-state index in [1.807, 2.05) is 0 Å². The Kier molecular flexibility index (Phi) is 5.06. The third-order valence-electron chi connectivity index (χ3n) is 5.19. The van der Waals surface area contributed by atoms with Gasteiger partial charge in [0.05, 0.1) is 12.2 Å². The number of carbonyl (C=O) groups is 1. The molecular formula is C19H19F3N4O2. The molecule has 148 valence electrons. The van der Waals surface area contributed by atoms with Gasteiger partial charge in [-0.05, 0) is 24.5 Å². The molecule has 1 fully saturated rings. The number of halogens is 3. The van der Waals surface area contributed by atoms with E-state index in [1.54, 1.807) is 17.3 Å². The average molecular weight is 392 g/mol. The molecule has 1 unspecified atom stereocenters. The number of hydrogen-bond donors (Lipinski definition) is 1. The van der Waals surface area contributed by atoms with Crippen LogP contribution < -0.4 is 10.1 Å². The van der Waals surface area contributed by atoms with E-state index in [9.17, 15) is 18.0 Å². The van der Waals surface area contributed by atoms with Gasteiger partial charge in [0.2, 0.25) is 5.88 Å². The summed E-state index contributed by atoms with van der Waals surface area (Å²) >= 11 is 0. The Balaban J connectivity index is 1.35. The van der Waals surface area contributed by atoms with Gasteiger partial charge in [-0.1, -0.05) is 0 Å². The minimum Gasteiger partial charge on any atom is -0.473 e. The minimum atomic E-state index is -1.50. The lowest BCUT2D eigenvalue weighted by molar-refractivity contribution is 0.106. The van der Waals surface area contributed by atoms with Crippen molar-refractivity contribution in [3.05, 3.63) is 53.2 Å². The second-order valence-corrected chi connectivity index (χ2v) is 6.95. The number of amides is 2. The average Bonchev–Trinajstić information content (AvgIpc) is 3.10. The van der Waals surface area contributed by atoms with Crippen LogP contribution in [0.5, 0.6) is 5.88 Å². The summed E-state index contributed by atoms with van der Waals surface area (Å²) in [5.74, 6) is -3.47. The number of hydrogen-bond acceptors (Lipinski definition) is 4. The van der Waals surface area contributed by atoms with Crippen LogP contribution in [0.1, 0.15) is 36.4 Å². The highest BCUT2D eigenvalue weighted by Crippen LogP contribution is 2.35. The van der Waals surface area contributed by atoms with E-state index in [4.69, 9.17) is 4.74 Å². The van der Waals surface area contributed by atoms with Crippen LogP contribution in [0.4, 0.5) is 18.0 Å². The molecule has 1 aromatic carbocycles. The normalized spacial score (nSPS) is 19.4. The Hall–Kier alpha value is -2.84. The van der Waals surface area contributed by atoms with Crippen molar-refractivity contribution < 1.29 is 22.7 Å². The van der Waals surface area contributed by atoms with Crippen LogP contribution in [0.3, 0.4) is 0 Å². The predicted molar refractivity (Wildman–Crippen MR) is 93.2 cm³/mol. The van der Waals surface area contributed by atoms with Crippen LogP contribution in [0, 0.1) is 17.5 Å². The zero-order valence-corrected chi connectivity index (χ0v) is 15.0. The molecule has 2 heterocycles. The summed E-state index contributed by atoms with van der Waals surface area (Å²) in [6.45, 7) is 0.938. The summed E-state index contributed by atoms with van der Waals surface area (Å²) in [4.78, 5) is 22.2. The minimum absolute atomic E-state index is 0.0492. The highest BCUT2D eigenvalue weighted by atomic mass is 19.2. The number of aromatic nitrogens is 2. The van der Waals surface area contributed by atoms with Gasteiger partial charge in [0, 0.05) is 43.9 Å². The van der Waals surface area contributed by atoms with Crippen molar-refractivity contribution in [2.45, 2.75) is 37.8 Å². The molecule has 2 aromatic rings. The first kappa shape index (κ1) is 18.5. The number of urea groups is 1. The fraction of sp³-hybridized carbons (Fsp3) is 0.421. The predicted octanol–water partition coefficient (Wildman–Crippen LogP) is 3.13. The molecule has 1 aromatic heterocycles. The number of benzene rings is 1. The van der Waals surface area contributed by atoms with Gasteiger partial charge >= 0.3 is 6.03 Å². The molecule has 1 atom stereocenters. The van der Waals surface area contributed by atoms with E-state index in [-0.39, 0.29) is 17.7 Å². The Morgan fingerprint density at radius 3 is 2.64 bits per heavy atom. The fourth-order valence-electron chi connectivity index (χ4n) is 3.76. The fourth-order valence-corrected chi connectivity index (χ4v) is 3.76. The van der Waals surface area contributed by atoms with Gasteiger partial charge in [0.1, 0.15) is 6.10 Å². The highest BCUT2D eigenvalue weighted by molar-refractivity contribution is 5.75. The van der Waals surface area contributed by atoms with Crippen LogP contribution >= 0.6 is 0 Å². The molecule has 0 radical (unpaired) electrons. The van der Waals surface area contributed by atoms with Crippen molar-refractivity contribution in [3.63, 3.8) is 0 Å². The molecular weight excluding hydrogens is 373 g/mol. The molecule has 28 heavy (non-hydrogen) atoms. The summed E-state index contributed by atoms with van der Waals surface area (Å²) in [5.41, 5.74) is 0.450. The van der Waals surface area contributed by atoms with Crippen molar-refractivity contribution in [3.8, 4) is 5.88 Å². The van der Waals surface area contributed by atoms with Gasteiger partial charge in [0.25, 0.3) is 0 Å². The van der Waals surface area contributed by atoms with Crippen LogP contribution in [-0.2, 0) is 6.42 Å². The number of aryl methyl sites for hydroxylation is 1. The highest BCUT2D eigenvalue weighted by Gasteiger charge is 2.33. The van der Waals surface area contributed by atoms with Crippen molar-refractivity contribution in [2.24, 2.45) is 0 Å². The third kappa shape index (κ3) is 3.61. The van der Waals surface area contributed by atoms with Crippen LogP contribution in [-0.4, -0.2) is 40.1 Å². The van der Waals surface area contributed by atoms with E-state index in [0.717, 1.165) is 6.07 Å². The summed E-state index contributed by atoms with van der Waals surface area (Å²) in [5, 5.41) is 2.75. The Labute approximate surface area is 159 Å². The molecule has 0 spiro atoms. The van der Waals surface area contributed by atoms with E-state index in [0.29, 0.717) is 50.2 Å². The molecule has 1 N–H and O–H groups in total. The lowest BCUT2D eigenvalue weighted by Crippen LogP contribution is -2.47. The molecule has 4 rings (SSSR count). The van der Waals surface area contributed by atoms with Gasteiger partial charge in [-0.25, -0.2) is 22.9 Å². The Bertz CT molecular complexity index is 873. The van der Waals surface area contributed by atoms with E-state index >= 15 is 0 Å². The van der Waals surface area contributed by atoms with E-state index in [2.05, 4.69) is 15.3 Å². The van der Waals surface area contributed by atoms with Crippen molar-refractivity contribution in [2.75, 3.05) is 13.1 Å². The zero-order valence-electron chi connectivity index (χ0n) is 15.0. The first-order valence-corrected chi connectivity index (χ1v) is 9.17. The summed E-state index contributed by atoms with van der Waals surface area (Å²) < 4.78 is 46.9. The lowest BCUT2D eigenvalue weighted by Gasteiger charge is -2.32. The topological polar surface area (TPSA) is 67.4 Å². The molecule has 1 aliphatic heterocycles. The number of likely N-dealkylation sites (tertiary alicyclic amines) is 1. The molecule has 1 saturated heterocycles. The first-order chi connectivity index (χ1) is 13.5. The number of piperidine rings is 1. The van der Waals surface area contributed by atoms with Gasteiger partial charge in [-0.2, -0.15) is 0 Å². The van der Waals surface area contributed by atoms with Crippen LogP contribution in [0.2, 0.25) is 0 Å². The van der Waals surface area contributed by atoms with Crippen molar-refractivity contribution in [1.29, 1.82) is 0 Å². The molecule has 1 aliphatic carbocycles. The zero-order chi connectivity index (χ0) is 19.7. The molecule has 0 bridgehead atoms. The van der Waals surface area contributed by atoms with E-state index in [1.165, 1.54) is 6.20 Å². The van der Waals surface area contributed by atoms with Gasteiger partial charge in [0.15, 0.2) is 17.5 Å². The summed E-state index contributed by atoms with van der Waals surface area (Å²) in [7, 11) is 0. The van der Waals surface area contributed by atoms with Gasteiger partial charge in [-0.15, -0.1) is 0 Å². The maximum atomic E-state index is 14.2. The van der Waals surface area contributed by atoms with Gasteiger partial charge in [-0.3, -0.25) is 4.98 Å². The third-order valence-corrected chi connectivity index (χ3v) is 5.19. The lowest BCUT2D eigenvalue weighted by atomic mass is 10.1. The quantitative estimate of drug-likeness (QED) is 0.815. The second kappa shape index (κ2) is 7.65. The maximum Gasteiger partial charge on any atom is 0.317 e. The molecule has 6 nitrogen and oxygen atoms in total. The number of nitrogens with one attached hydrogen (secondary N) is 1. The number of rotatable bonds is 3.